The third-order valence-electron chi connectivity index (χ3n) is 4.57. The molecule has 1 aromatic rings. The van der Waals surface area contributed by atoms with Gasteiger partial charge in [-0.25, -0.2) is 0 Å². The lowest BCUT2D eigenvalue weighted by atomic mass is 9.83. The van der Waals surface area contributed by atoms with Gasteiger partial charge < -0.3 is 14.8 Å². The Kier molecular flexibility index (Phi) is 4.46. The molecule has 1 atom stereocenters. The smallest absolute Gasteiger partial charge is 0.231 e. The Bertz CT molecular complexity index is 443. The van der Waals surface area contributed by atoms with Crippen LogP contribution in [-0.4, -0.2) is 19.4 Å². The van der Waals surface area contributed by atoms with Gasteiger partial charge in [0.1, 0.15) is 0 Å². The summed E-state index contributed by atoms with van der Waals surface area (Å²) >= 11 is 0. The fraction of sp³-hybridized carbons (Fsp3) is 0.647. The first kappa shape index (κ1) is 13.7. The Hall–Kier alpha value is -1.22. The number of nitrogens with one attached hydrogen (secondary N) is 1. The molecule has 1 saturated carbocycles. The molecule has 0 spiro atoms. The Morgan fingerprint density at radius 3 is 2.90 bits per heavy atom. The topological polar surface area (TPSA) is 30.5 Å². The van der Waals surface area contributed by atoms with Crippen molar-refractivity contribution in [1.82, 2.24) is 5.32 Å². The van der Waals surface area contributed by atoms with Crippen molar-refractivity contribution in [2.24, 2.45) is 5.92 Å². The number of benzene rings is 1. The molecule has 3 heteroatoms. The molecule has 20 heavy (non-hydrogen) atoms. The lowest BCUT2D eigenvalue weighted by molar-refractivity contribution is 0.174. The van der Waals surface area contributed by atoms with Gasteiger partial charge in [0.15, 0.2) is 11.5 Å². The summed E-state index contributed by atoms with van der Waals surface area (Å²) in [4.78, 5) is 0. The molecule has 1 aliphatic heterocycles. The van der Waals surface area contributed by atoms with E-state index >= 15 is 0 Å². The average Bonchev–Trinajstić information content (AvgIpc) is 2.86. The standard InChI is InChI=1S/C17H25NO2/c1-13(18-10-9-14-3-2-4-14)5-6-15-7-8-16-17(11-15)20-12-19-16/h7-8,11,13-14,18H,2-6,9-10,12H2,1H3. The van der Waals surface area contributed by atoms with Crippen LogP contribution in [0, 0.1) is 5.92 Å². The second kappa shape index (κ2) is 6.49. The zero-order valence-corrected chi connectivity index (χ0v) is 12.4. The lowest BCUT2D eigenvalue weighted by Gasteiger charge is -2.26. The maximum atomic E-state index is 5.42. The van der Waals surface area contributed by atoms with E-state index in [0.29, 0.717) is 12.8 Å². The monoisotopic (exact) mass is 275 g/mol. The number of ether oxygens (including phenoxy) is 2. The zero-order valence-electron chi connectivity index (χ0n) is 12.4. The van der Waals surface area contributed by atoms with Gasteiger partial charge in [0, 0.05) is 6.04 Å². The summed E-state index contributed by atoms with van der Waals surface area (Å²) < 4.78 is 10.8. The van der Waals surface area contributed by atoms with Gasteiger partial charge in [-0.15, -0.1) is 0 Å². The molecule has 110 valence electrons. The van der Waals surface area contributed by atoms with Crippen molar-refractivity contribution in [2.45, 2.75) is 51.5 Å². The van der Waals surface area contributed by atoms with Gasteiger partial charge >= 0.3 is 0 Å². The Morgan fingerprint density at radius 1 is 1.25 bits per heavy atom. The van der Waals surface area contributed by atoms with E-state index < -0.39 is 0 Å². The normalized spacial score (nSPS) is 18.9. The van der Waals surface area contributed by atoms with Gasteiger partial charge in [-0.05, 0) is 56.3 Å². The van der Waals surface area contributed by atoms with E-state index in [0.717, 1.165) is 23.8 Å². The molecule has 0 saturated heterocycles. The molecule has 0 bridgehead atoms. The molecule has 1 N–H and O–H groups in total. The van der Waals surface area contributed by atoms with Crippen LogP contribution in [0.3, 0.4) is 0 Å². The highest BCUT2D eigenvalue weighted by Gasteiger charge is 2.17. The molecule has 1 aliphatic carbocycles. The Labute approximate surface area is 121 Å². The first-order chi connectivity index (χ1) is 9.81. The second-order valence-electron chi connectivity index (χ2n) is 6.17. The minimum atomic E-state index is 0.359. The Balaban J connectivity index is 1.37. The summed E-state index contributed by atoms with van der Waals surface area (Å²) in [5.41, 5.74) is 1.34. The first-order valence-electron chi connectivity index (χ1n) is 7.93. The molecule has 3 nitrogen and oxygen atoms in total. The van der Waals surface area contributed by atoms with Crippen molar-refractivity contribution in [2.75, 3.05) is 13.3 Å². The fourth-order valence-corrected chi connectivity index (χ4v) is 2.90. The first-order valence-corrected chi connectivity index (χ1v) is 7.93. The minimum absolute atomic E-state index is 0.359. The highest BCUT2D eigenvalue weighted by molar-refractivity contribution is 5.44. The predicted octanol–water partition coefficient (Wildman–Crippen LogP) is 3.52. The maximum Gasteiger partial charge on any atom is 0.231 e. The summed E-state index contributed by atoms with van der Waals surface area (Å²) in [5.74, 6) is 2.78. The molecule has 1 fully saturated rings. The van der Waals surface area contributed by atoms with Crippen LogP contribution >= 0.6 is 0 Å². The summed E-state index contributed by atoms with van der Waals surface area (Å²) in [7, 11) is 0. The van der Waals surface area contributed by atoms with Crippen molar-refractivity contribution < 1.29 is 9.47 Å². The van der Waals surface area contributed by atoms with Gasteiger partial charge in [0.25, 0.3) is 0 Å². The van der Waals surface area contributed by atoms with Crippen LogP contribution in [0.25, 0.3) is 0 Å². The van der Waals surface area contributed by atoms with Crippen molar-refractivity contribution in [3.63, 3.8) is 0 Å². The van der Waals surface area contributed by atoms with Crippen molar-refractivity contribution >= 4 is 0 Å². The van der Waals surface area contributed by atoms with Crippen LogP contribution in [0.15, 0.2) is 18.2 Å². The Morgan fingerprint density at radius 2 is 2.10 bits per heavy atom. The largest absolute Gasteiger partial charge is 0.454 e. The molecule has 1 aromatic carbocycles. The SMILES string of the molecule is CC(CCc1ccc2c(c1)OCO2)NCCC1CCC1. The summed E-state index contributed by atoms with van der Waals surface area (Å²) in [6, 6.07) is 6.87. The van der Waals surface area contributed by atoms with E-state index in [1.807, 2.05) is 6.07 Å². The molecule has 1 unspecified atom stereocenters. The third kappa shape index (κ3) is 3.45. The van der Waals surface area contributed by atoms with E-state index in [1.165, 1.54) is 44.2 Å². The fourth-order valence-electron chi connectivity index (χ4n) is 2.90. The molecular weight excluding hydrogens is 250 g/mol. The van der Waals surface area contributed by atoms with Crippen LogP contribution < -0.4 is 14.8 Å². The predicted molar refractivity (Wildman–Crippen MR) is 80.3 cm³/mol. The van der Waals surface area contributed by atoms with Gasteiger partial charge in [-0.1, -0.05) is 25.3 Å². The third-order valence-corrected chi connectivity index (χ3v) is 4.57. The number of rotatable bonds is 7. The quantitative estimate of drug-likeness (QED) is 0.826. The van der Waals surface area contributed by atoms with Crippen LogP contribution in [0.4, 0.5) is 0 Å². The summed E-state index contributed by atoms with van der Waals surface area (Å²) in [6.45, 7) is 3.82. The summed E-state index contributed by atoms with van der Waals surface area (Å²) in [5, 5.41) is 3.65. The zero-order chi connectivity index (χ0) is 13.8. The average molecular weight is 275 g/mol. The van der Waals surface area contributed by atoms with E-state index in [1.54, 1.807) is 0 Å². The van der Waals surface area contributed by atoms with E-state index in [9.17, 15) is 0 Å². The second-order valence-corrected chi connectivity index (χ2v) is 6.17. The molecule has 0 aromatic heterocycles. The van der Waals surface area contributed by atoms with Crippen molar-refractivity contribution in [1.29, 1.82) is 0 Å². The van der Waals surface area contributed by atoms with Gasteiger partial charge in [-0.2, -0.15) is 0 Å². The molecule has 2 aliphatic rings. The van der Waals surface area contributed by atoms with Gasteiger partial charge in [0.05, 0.1) is 0 Å². The number of fused-ring (bicyclic) bond motifs is 1. The summed E-state index contributed by atoms with van der Waals surface area (Å²) in [6.07, 6.45) is 7.97. The maximum absolute atomic E-state index is 5.42. The van der Waals surface area contributed by atoms with Crippen LogP contribution in [0.1, 0.15) is 44.6 Å². The van der Waals surface area contributed by atoms with E-state index in [2.05, 4.69) is 24.4 Å². The van der Waals surface area contributed by atoms with Gasteiger partial charge in [-0.3, -0.25) is 0 Å². The molecule has 0 amide bonds. The number of hydrogen-bond acceptors (Lipinski definition) is 3. The van der Waals surface area contributed by atoms with E-state index in [4.69, 9.17) is 9.47 Å². The highest BCUT2D eigenvalue weighted by atomic mass is 16.7. The number of hydrogen-bond donors (Lipinski definition) is 1. The highest BCUT2D eigenvalue weighted by Crippen LogP contribution is 2.33. The van der Waals surface area contributed by atoms with E-state index in [-0.39, 0.29) is 0 Å². The molecular formula is C17H25NO2. The molecule has 0 radical (unpaired) electrons. The van der Waals surface area contributed by atoms with Crippen LogP contribution in [0.5, 0.6) is 11.5 Å². The minimum Gasteiger partial charge on any atom is -0.454 e. The van der Waals surface area contributed by atoms with Crippen molar-refractivity contribution in [3.8, 4) is 11.5 Å². The molecule has 3 rings (SSSR count). The van der Waals surface area contributed by atoms with Crippen molar-refractivity contribution in [3.05, 3.63) is 23.8 Å². The number of aryl methyl sites for hydroxylation is 1. The van der Waals surface area contributed by atoms with Gasteiger partial charge in [0.2, 0.25) is 6.79 Å². The molecule has 1 heterocycles. The lowest BCUT2D eigenvalue weighted by Crippen LogP contribution is -2.29. The van der Waals surface area contributed by atoms with Crippen LogP contribution in [0.2, 0.25) is 0 Å². The van der Waals surface area contributed by atoms with Crippen LogP contribution in [-0.2, 0) is 6.42 Å².